The van der Waals surface area contributed by atoms with E-state index in [0.717, 1.165) is 12.8 Å². The average Bonchev–Trinajstić information content (AvgIpc) is 3.08. The fourth-order valence-electron chi connectivity index (χ4n) is 2.51. The number of carbonyl (C=O) groups excluding carboxylic acids is 1. The lowest BCUT2D eigenvalue weighted by atomic mass is 10.0. The van der Waals surface area contributed by atoms with Crippen molar-refractivity contribution >= 4 is 22.4 Å². The molecule has 1 amide bonds. The topological polar surface area (TPSA) is 72.7 Å². The van der Waals surface area contributed by atoms with Gasteiger partial charge in [0.25, 0.3) is 5.91 Å². The maximum atomic E-state index is 12.2. The molecule has 1 N–H and O–H groups in total. The molecule has 0 saturated carbocycles. The number of nitrogens with one attached hydrogen (secondary N) is 1. The van der Waals surface area contributed by atoms with Gasteiger partial charge in [-0.2, -0.15) is 5.10 Å². The van der Waals surface area contributed by atoms with Crippen molar-refractivity contribution in [3.8, 4) is 0 Å². The summed E-state index contributed by atoms with van der Waals surface area (Å²) in [5, 5.41) is 7.61. The van der Waals surface area contributed by atoms with Gasteiger partial charge in [-0.25, -0.2) is 14.6 Å². The van der Waals surface area contributed by atoms with Crippen molar-refractivity contribution in [1.82, 2.24) is 19.7 Å². The molecular formula is C14H19N5OS. The van der Waals surface area contributed by atoms with Crippen molar-refractivity contribution in [1.29, 1.82) is 0 Å². The Morgan fingerprint density at radius 1 is 1.33 bits per heavy atom. The van der Waals surface area contributed by atoms with Crippen molar-refractivity contribution in [2.24, 2.45) is 0 Å². The van der Waals surface area contributed by atoms with Gasteiger partial charge in [-0.05, 0) is 32.6 Å². The Labute approximate surface area is 127 Å². The van der Waals surface area contributed by atoms with Crippen LogP contribution in [-0.2, 0) is 17.6 Å². The Morgan fingerprint density at radius 3 is 2.90 bits per heavy atom. The number of hydrogen-bond acceptors (Lipinski definition) is 5. The lowest BCUT2D eigenvalue weighted by molar-refractivity contribution is -0.119. The molecule has 112 valence electrons. The van der Waals surface area contributed by atoms with Gasteiger partial charge in [0.15, 0.2) is 5.13 Å². The molecule has 2 aromatic heterocycles. The summed E-state index contributed by atoms with van der Waals surface area (Å²) in [5.41, 5.74) is 1.17. The molecule has 6 nitrogen and oxygen atoms in total. The molecule has 0 unspecified atom stereocenters. The number of fused-ring (bicyclic) bond motifs is 1. The summed E-state index contributed by atoms with van der Waals surface area (Å²) in [6.45, 7) is 1.80. The van der Waals surface area contributed by atoms with E-state index in [1.165, 1.54) is 42.6 Å². The molecule has 0 spiro atoms. The molecule has 0 aromatic carbocycles. The number of carbonyl (C=O) groups is 1. The molecule has 0 radical (unpaired) electrons. The predicted octanol–water partition coefficient (Wildman–Crippen LogP) is 2.59. The van der Waals surface area contributed by atoms with Gasteiger partial charge in [-0.3, -0.25) is 4.79 Å². The van der Waals surface area contributed by atoms with Crippen LogP contribution >= 0.6 is 11.3 Å². The summed E-state index contributed by atoms with van der Waals surface area (Å²) < 4.78 is 1.54. The lowest BCUT2D eigenvalue weighted by Gasteiger charge is -2.09. The van der Waals surface area contributed by atoms with Gasteiger partial charge < -0.3 is 5.32 Å². The zero-order valence-electron chi connectivity index (χ0n) is 12.1. The lowest BCUT2D eigenvalue weighted by Crippen LogP contribution is -2.23. The number of aryl methyl sites for hydroxylation is 2. The van der Waals surface area contributed by atoms with Gasteiger partial charge in [0.2, 0.25) is 0 Å². The highest BCUT2D eigenvalue weighted by molar-refractivity contribution is 7.15. The minimum Gasteiger partial charge on any atom is -0.300 e. The molecule has 0 aliphatic heterocycles. The number of amides is 1. The van der Waals surface area contributed by atoms with E-state index in [0.29, 0.717) is 5.13 Å². The number of aromatic nitrogens is 4. The van der Waals surface area contributed by atoms with E-state index in [1.54, 1.807) is 29.3 Å². The van der Waals surface area contributed by atoms with Crippen LogP contribution in [0.3, 0.4) is 0 Å². The van der Waals surface area contributed by atoms with Crippen LogP contribution in [0.25, 0.3) is 0 Å². The van der Waals surface area contributed by atoms with Gasteiger partial charge in [0, 0.05) is 4.88 Å². The van der Waals surface area contributed by atoms with Crippen LogP contribution in [0.1, 0.15) is 49.2 Å². The van der Waals surface area contributed by atoms with E-state index in [9.17, 15) is 4.79 Å². The molecular weight excluding hydrogens is 286 g/mol. The van der Waals surface area contributed by atoms with Crippen LogP contribution in [0.2, 0.25) is 0 Å². The van der Waals surface area contributed by atoms with Crippen LogP contribution < -0.4 is 5.32 Å². The van der Waals surface area contributed by atoms with Gasteiger partial charge in [0.1, 0.15) is 18.7 Å². The third-order valence-corrected chi connectivity index (χ3v) is 4.86. The van der Waals surface area contributed by atoms with E-state index >= 15 is 0 Å². The fourth-order valence-corrected chi connectivity index (χ4v) is 3.56. The first-order chi connectivity index (χ1) is 10.2. The average molecular weight is 305 g/mol. The summed E-state index contributed by atoms with van der Waals surface area (Å²) >= 11 is 1.61. The summed E-state index contributed by atoms with van der Waals surface area (Å²) in [5.74, 6) is -0.109. The van der Waals surface area contributed by atoms with Crippen molar-refractivity contribution in [2.45, 2.75) is 51.5 Å². The molecule has 2 heterocycles. The van der Waals surface area contributed by atoms with Crippen LogP contribution in [0, 0.1) is 0 Å². The molecule has 1 aliphatic carbocycles. The normalized spacial score (nSPS) is 16.6. The zero-order chi connectivity index (χ0) is 14.7. The number of anilines is 1. The second-order valence-electron chi connectivity index (χ2n) is 5.34. The molecule has 21 heavy (non-hydrogen) atoms. The Morgan fingerprint density at radius 2 is 2.14 bits per heavy atom. The maximum Gasteiger partial charge on any atom is 0.250 e. The summed E-state index contributed by atoms with van der Waals surface area (Å²) in [7, 11) is 0. The van der Waals surface area contributed by atoms with E-state index in [1.807, 2.05) is 0 Å². The van der Waals surface area contributed by atoms with E-state index < -0.39 is 0 Å². The van der Waals surface area contributed by atoms with Crippen LogP contribution in [0.15, 0.2) is 12.7 Å². The highest BCUT2D eigenvalue weighted by Gasteiger charge is 2.19. The first-order valence-corrected chi connectivity index (χ1v) is 8.19. The Kier molecular flexibility index (Phi) is 4.28. The SMILES string of the molecule is C[C@H](C(=O)Nc1nc2c(s1)CCCCCC2)n1cncn1. The molecule has 2 aromatic rings. The van der Waals surface area contributed by atoms with Crippen LogP contribution in [0.4, 0.5) is 5.13 Å². The number of rotatable bonds is 3. The van der Waals surface area contributed by atoms with Crippen molar-refractivity contribution < 1.29 is 4.79 Å². The van der Waals surface area contributed by atoms with Gasteiger partial charge in [-0.15, -0.1) is 11.3 Å². The van der Waals surface area contributed by atoms with Gasteiger partial charge in [0.05, 0.1) is 5.69 Å². The summed E-state index contributed by atoms with van der Waals surface area (Å²) in [4.78, 5) is 22.0. The molecule has 0 fully saturated rings. The summed E-state index contributed by atoms with van der Waals surface area (Å²) in [6, 6.07) is -0.390. The number of nitrogens with zero attached hydrogens (tertiary/aromatic N) is 4. The predicted molar refractivity (Wildman–Crippen MR) is 81.4 cm³/mol. The largest absolute Gasteiger partial charge is 0.300 e. The van der Waals surface area contributed by atoms with Crippen molar-refractivity contribution in [3.63, 3.8) is 0 Å². The highest BCUT2D eigenvalue weighted by atomic mass is 32.1. The molecule has 7 heteroatoms. The molecule has 0 bridgehead atoms. The van der Waals surface area contributed by atoms with E-state index in [2.05, 4.69) is 20.4 Å². The summed E-state index contributed by atoms with van der Waals surface area (Å²) in [6.07, 6.45) is 10.1. The first-order valence-electron chi connectivity index (χ1n) is 7.37. The second kappa shape index (κ2) is 6.34. The molecule has 0 saturated heterocycles. The smallest absolute Gasteiger partial charge is 0.250 e. The molecule has 1 aliphatic rings. The number of thiazole rings is 1. The Bertz CT molecular complexity index is 581. The maximum absolute atomic E-state index is 12.2. The fraction of sp³-hybridized carbons (Fsp3) is 0.571. The third kappa shape index (κ3) is 3.29. The van der Waals surface area contributed by atoms with E-state index in [4.69, 9.17) is 0 Å². The third-order valence-electron chi connectivity index (χ3n) is 3.79. The minimum absolute atomic E-state index is 0.109. The quantitative estimate of drug-likeness (QED) is 0.946. The van der Waals surface area contributed by atoms with Gasteiger partial charge >= 0.3 is 0 Å². The van der Waals surface area contributed by atoms with Gasteiger partial charge in [-0.1, -0.05) is 12.8 Å². The minimum atomic E-state index is -0.390. The Balaban J connectivity index is 1.70. The van der Waals surface area contributed by atoms with Crippen molar-refractivity contribution in [2.75, 3.05) is 5.32 Å². The van der Waals surface area contributed by atoms with Crippen LogP contribution in [-0.4, -0.2) is 25.7 Å². The number of hydrogen-bond donors (Lipinski definition) is 1. The van der Waals surface area contributed by atoms with Crippen LogP contribution in [0.5, 0.6) is 0 Å². The standard InChI is InChI=1S/C14H19N5OS/c1-10(19-9-15-8-16-19)13(20)18-14-17-11-6-4-2-3-5-7-12(11)21-14/h8-10H,2-7H2,1H3,(H,17,18,20)/t10-/m1/s1. The van der Waals surface area contributed by atoms with Crippen molar-refractivity contribution in [3.05, 3.63) is 23.2 Å². The highest BCUT2D eigenvalue weighted by Crippen LogP contribution is 2.28. The zero-order valence-corrected chi connectivity index (χ0v) is 12.9. The first kappa shape index (κ1) is 14.2. The Hall–Kier alpha value is -1.76. The second-order valence-corrected chi connectivity index (χ2v) is 6.43. The molecule has 1 atom stereocenters. The monoisotopic (exact) mass is 305 g/mol. The van der Waals surface area contributed by atoms with E-state index in [-0.39, 0.29) is 11.9 Å². The molecule has 3 rings (SSSR count).